The molecular weight excluding hydrogens is 313 g/mol. The molecule has 0 fully saturated rings. The van der Waals surface area contributed by atoms with Crippen LogP contribution in [0.15, 0.2) is 54.6 Å². The smallest absolute Gasteiger partial charge is 0.308 e. The number of urea groups is 1. The van der Waals surface area contributed by atoms with Crippen molar-refractivity contribution in [3.8, 4) is 0 Å². The quantitative estimate of drug-likeness (QED) is 0.582. The summed E-state index contributed by atoms with van der Waals surface area (Å²) in [5.41, 5.74) is 2.77. The van der Waals surface area contributed by atoms with Gasteiger partial charge in [0.2, 0.25) is 0 Å². The van der Waals surface area contributed by atoms with E-state index in [0.717, 1.165) is 5.56 Å². The lowest BCUT2D eigenvalue weighted by atomic mass is 10.2. The van der Waals surface area contributed by atoms with Gasteiger partial charge < -0.3 is 10.2 Å². The fourth-order valence-corrected chi connectivity index (χ4v) is 2.13. The first-order valence-electron chi connectivity index (χ1n) is 7.32. The summed E-state index contributed by atoms with van der Waals surface area (Å²) in [6.45, 7) is 1.67. The number of nitrogens with one attached hydrogen (secondary N) is 2. The molecule has 2 rings (SSSR count). The van der Waals surface area contributed by atoms with Crippen LogP contribution in [0.25, 0.3) is 0 Å². The number of nitrogens with zero attached hydrogens (tertiary/aromatic N) is 1. The van der Waals surface area contributed by atoms with E-state index in [4.69, 9.17) is 5.21 Å². The molecule has 0 aliphatic carbocycles. The number of hydroxylamine groups is 1. The highest BCUT2D eigenvalue weighted by Crippen LogP contribution is 2.13. The van der Waals surface area contributed by atoms with Crippen LogP contribution in [-0.4, -0.2) is 28.1 Å². The number of benzene rings is 2. The van der Waals surface area contributed by atoms with Crippen molar-refractivity contribution in [3.05, 3.63) is 66.0 Å². The van der Waals surface area contributed by atoms with E-state index < -0.39 is 23.8 Å². The summed E-state index contributed by atoms with van der Waals surface area (Å²) < 4.78 is 12.9. The molecule has 0 spiro atoms. The predicted octanol–water partition coefficient (Wildman–Crippen LogP) is 2.75. The van der Waals surface area contributed by atoms with Crippen LogP contribution in [0.1, 0.15) is 12.5 Å². The third kappa shape index (κ3) is 4.53. The molecule has 24 heavy (non-hydrogen) atoms. The summed E-state index contributed by atoms with van der Waals surface area (Å²) in [5, 5.41) is 11.4. The zero-order valence-electron chi connectivity index (χ0n) is 13.1. The second kappa shape index (κ2) is 8.07. The van der Waals surface area contributed by atoms with Crippen LogP contribution < -0.4 is 10.8 Å². The summed E-state index contributed by atoms with van der Waals surface area (Å²) >= 11 is 0. The molecule has 0 bridgehead atoms. The molecule has 0 aliphatic rings. The summed E-state index contributed by atoms with van der Waals surface area (Å²) in [6, 6.07) is 13.0. The van der Waals surface area contributed by atoms with Gasteiger partial charge in [0.25, 0.3) is 5.91 Å². The average Bonchev–Trinajstić information content (AvgIpc) is 2.61. The first-order chi connectivity index (χ1) is 11.5. The molecule has 2 aromatic carbocycles. The third-order valence-electron chi connectivity index (χ3n) is 3.51. The van der Waals surface area contributed by atoms with Crippen LogP contribution in [-0.2, 0) is 11.3 Å². The monoisotopic (exact) mass is 331 g/mol. The molecule has 0 saturated heterocycles. The molecule has 3 amide bonds. The van der Waals surface area contributed by atoms with Gasteiger partial charge in [-0.2, -0.15) is 0 Å². The van der Waals surface area contributed by atoms with Crippen molar-refractivity contribution < 1.29 is 19.2 Å². The number of carbonyl (C=O) groups is 2. The van der Waals surface area contributed by atoms with Gasteiger partial charge in [-0.3, -0.25) is 10.0 Å². The van der Waals surface area contributed by atoms with Gasteiger partial charge in [-0.15, -0.1) is 0 Å². The van der Waals surface area contributed by atoms with Gasteiger partial charge in [-0.25, -0.2) is 14.7 Å². The number of halogens is 1. The Hall–Kier alpha value is -2.93. The normalized spacial score (nSPS) is 11.5. The Bertz CT molecular complexity index is 692. The van der Waals surface area contributed by atoms with Crippen LogP contribution in [0.5, 0.6) is 0 Å². The van der Waals surface area contributed by atoms with E-state index in [1.807, 2.05) is 30.3 Å². The molecule has 126 valence electrons. The molecule has 3 N–H and O–H groups in total. The lowest BCUT2D eigenvalue weighted by Crippen LogP contribution is -2.48. The largest absolute Gasteiger partial charge is 0.322 e. The Morgan fingerprint density at radius 3 is 2.33 bits per heavy atom. The minimum atomic E-state index is -0.907. The topological polar surface area (TPSA) is 81.7 Å². The van der Waals surface area contributed by atoms with Crippen molar-refractivity contribution in [2.24, 2.45) is 0 Å². The maximum Gasteiger partial charge on any atom is 0.322 e. The minimum Gasteiger partial charge on any atom is -0.308 e. The highest BCUT2D eigenvalue weighted by Gasteiger charge is 2.26. The number of hydrogen-bond acceptors (Lipinski definition) is 3. The van der Waals surface area contributed by atoms with Gasteiger partial charge in [-0.1, -0.05) is 30.3 Å². The van der Waals surface area contributed by atoms with Crippen molar-refractivity contribution in [1.29, 1.82) is 0 Å². The van der Waals surface area contributed by atoms with Crippen molar-refractivity contribution in [1.82, 2.24) is 10.4 Å². The fraction of sp³-hybridized carbons (Fsp3) is 0.176. The standard InChI is InChI=1S/C17H18FN3O3/c1-12(16(22)20-24)21(11-13-5-3-2-4-6-13)17(23)19-15-9-7-14(18)8-10-15/h2-10,12,24H,11H2,1H3,(H,19,23)(H,20,22)/t12-/m0/s1. The molecule has 0 unspecified atom stereocenters. The van der Waals surface area contributed by atoms with Crippen LogP contribution in [0.2, 0.25) is 0 Å². The van der Waals surface area contributed by atoms with Crippen molar-refractivity contribution >= 4 is 17.6 Å². The Morgan fingerprint density at radius 1 is 1.12 bits per heavy atom. The fourth-order valence-electron chi connectivity index (χ4n) is 2.13. The van der Waals surface area contributed by atoms with Crippen LogP contribution in [0, 0.1) is 5.82 Å². The third-order valence-corrected chi connectivity index (χ3v) is 3.51. The Balaban J connectivity index is 2.18. The molecule has 0 saturated carbocycles. The summed E-state index contributed by atoms with van der Waals surface area (Å²) in [7, 11) is 0. The van der Waals surface area contributed by atoms with E-state index in [2.05, 4.69) is 5.32 Å². The molecule has 0 aromatic heterocycles. The van der Waals surface area contributed by atoms with Crippen LogP contribution in [0.4, 0.5) is 14.9 Å². The second-order valence-corrected chi connectivity index (χ2v) is 5.20. The van der Waals surface area contributed by atoms with Crippen LogP contribution >= 0.6 is 0 Å². The van der Waals surface area contributed by atoms with Gasteiger partial charge >= 0.3 is 6.03 Å². The molecular formula is C17H18FN3O3. The van der Waals surface area contributed by atoms with Crippen molar-refractivity contribution in [2.75, 3.05) is 5.32 Å². The molecule has 7 heteroatoms. The van der Waals surface area contributed by atoms with Gasteiger partial charge in [0.1, 0.15) is 11.9 Å². The first kappa shape index (κ1) is 17.4. The Labute approximate surface area is 138 Å². The summed E-state index contributed by atoms with van der Waals surface area (Å²) in [6.07, 6.45) is 0. The lowest BCUT2D eigenvalue weighted by molar-refractivity contribution is -0.133. The highest BCUT2D eigenvalue weighted by molar-refractivity contribution is 5.93. The number of anilines is 1. The van der Waals surface area contributed by atoms with Gasteiger partial charge in [0.15, 0.2) is 0 Å². The maximum atomic E-state index is 12.9. The van der Waals surface area contributed by atoms with Crippen molar-refractivity contribution in [3.63, 3.8) is 0 Å². The zero-order valence-corrected chi connectivity index (χ0v) is 13.1. The number of carbonyl (C=O) groups excluding carboxylic acids is 2. The maximum absolute atomic E-state index is 12.9. The Kier molecular flexibility index (Phi) is 5.86. The summed E-state index contributed by atoms with van der Waals surface area (Å²) in [4.78, 5) is 25.5. The minimum absolute atomic E-state index is 0.169. The SMILES string of the molecule is C[C@@H](C(=O)NO)N(Cc1ccccc1)C(=O)Nc1ccc(F)cc1. The molecule has 0 aliphatic heterocycles. The molecule has 1 atom stereocenters. The lowest BCUT2D eigenvalue weighted by Gasteiger charge is -2.28. The van der Waals surface area contributed by atoms with E-state index in [0.29, 0.717) is 5.69 Å². The van der Waals surface area contributed by atoms with Gasteiger partial charge in [-0.05, 0) is 36.8 Å². The van der Waals surface area contributed by atoms with E-state index in [-0.39, 0.29) is 6.54 Å². The average molecular weight is 331 g/mol. The van der Waals surface area contributed by atoms with Gasteiger partial charge in [0.05, 0.1) is 0 Å². The Morgan fingerprint density at radius 2 is 1.75 bits per heavy atom. The zero-order chi connectivity index (χ0) is 17.5. The second-order valence-electron chi connectivity index (χ2n) is 5.20. The van der Waals surface area contributed by atoms with E-state index >= 15 is 0 Å². The number of rotatable bonds is 5. The number of amides is 3. The van der Waals surface area contributed by atoms with E-state index in [1.165, 1.54) is 36.1 Å². The molecule has 2 aromatic rings. The molecule has 6 nitrogen and oxygen atoms in total. The molecule has 0 radical (unpaired) electrons. The highest BCUT2D eigenvalue weighted by atomic mass is 19.1. The van der Waals surface area contributed by atoms with Crippen molar-refractivity contribution in [2.45, 2.75) is 19.5 Å². The van der Waals surface area contributed by atoms with E-state index in [1.54, 1.807) is 5.48 Å². The summed E-state index contributed by atoms with van der Waals surface area (Å²) in [5.74, 6) is -1.12. The van der Waals surface area contributed by atoms with Crippen LogP contribution in [0.3, 0.4) is 0 Å². The van der Waals surface area contributed by atoms with E-state index in [9.17, 15) is 14.0 Å². The van der Waals surface area contributed by atoms with Gasteiger partial charge in [0, 0.05) is 12.2 Å². The predicted molar refractivity (Wildman–Crippen MR) is 86.8 cm³/mol. The first-order valence-corrected chi connectivity index (χ1v) is 7.32. The molecule has 0 heterocycles. The number of hydrogen-bond donors (Lipinski definition) is 3.